The van der Waals surface area contributed by atoms with Crippen LogP contribution in [0.2, 0.25) is 0 Å². The maximum atomic E-state index is 14.2. The minimum atomic E-state index is -0.985. The number of ether oxygens (including phenoxy) is 1. The van der Waals surface area contributed by atoms with E-state index in [0.29, 0.717) is 24.7 Å². The minimum Gasteiger partial charge on any atom is -0.441 e. The van der Waals surface area contributed by atoms with Crippen LogP contribution in [0, 0.1) is 23.0 Å². The highest BCUT2D eigenvalue weighted by Crippen LogP contribution is 2.40. The second kappa shape index (κ2) is 10.2. The molecule has 37 heavy (non-hydrogen) atoms. The molecule has 3 aromatic rings. The average molecular weight is 507 g/mol. The van der Waals surface area contributed by atoms with Crippen LogP contribution in [-0.2, 0) is 4.74 Å². The quantitative estimate of drug-likeness (QED) is 0.519. The summed E-state index contributed by atoms with van der Waals surface area (Å²) < 4.78 is 33.8. The highest BCUT2D eigenvalue weighted by Gasteiger charge is 2.40. The number of aromatic nitrogens is 2. The van der Waals surface area contributed by atoms with E-state index in [9.17, 15) is 23.6 Å². The lowest BCUT2D eigenvalue weighted by molar-refractivity contribution is 0.0480. The minimum absolute atomic E-state index is 0.0356. The largest absolute Gasteiger partial charge is 0.441 e. The van der Waals surface area contributed by atoms with Gasteiger partial charge in [-0.05, 0) is 43.7 Å². The van der Waals surface area contributed by atoms with Crippen molar-refractivity contribution in [1.82, 2.24) is 15.3 Å². The van der Waals surface area contributed by atoms with Crippen LogP contribution < -0.4 is 16.0 Å². The zero-order valence-corrected chi connectivity index (χ0v) is 20.2. The summed E-state index contributed by atoms with van der Waals surface area (Å²) in [5, 5.41) is 12.7. The predicted molar refractivity (Wildman–Crippen MR) is 130 cm³/mol. The number of primary amides is 1. The van der Waals surface area contributed by atoms with Crippen molar-refractivity contribution in [1.29, 1.82) is 5.26 Å². The third-order valence-corrected chi connectivity index (χ3v) is 6.13. The molecule has 1 aromatic carbocycles. The number of hydrogen-bond acceptors (Lipinski definition) is 7. The summed E-state index contributed by atoms with van der Waals surface area (Å²) in [6.07, 6.45) is 2.26. The van der Waals surface area contributed by atoms with Crippen molar-refractivity contribution in [2.45, 2.75) is 31.9 Å². The lowest BCUT2D eigenvalue weighted by Crippen LogP contribution is -2.38. The second-order valence-electron chi connectivity index (χ2n) is 9.01. The van der Waals surface area contributed by atoms with Crippen molar-refractivity contribution in [3.8, 4) is 17.2 Å². The van der Waals surface area contributed by atoms with E-state index in [2.05, 4.69) is 15.3 Å². The summed E-state index contributed by atoms with van der Waals surface area (Å²) in [5.41, 5.74) is 5.18. The van der Waals surface area contributed by atoms with Gasteiger partial charge in [-0.25, -0.2) is 18.6 Å². The maximum Gasteiger partial charge on any atom is 0.405 e. The molecule has 11 heteroatoms. The summed E-state index contributed by atoms with van der Waals surface area (Å²) in [6, 6.07) is 9.63. The number of rotatable bonds is 6. The van der Waals surface area contributed by atoms with E-state index in [1.54, 1.807) is 43.1 Å². The highest BCUT2D eigenvalue weighted by atomic mass is 19.1. The van der Waals surface area contributed by atoms with Crippen molar-refractivity contribution >= 4 is 17.7 Å². The van der Waals surface area contributed by atoms with Gasteiger partial charge in [0.05, 0.1) is 29.5 Å². The molecule has 2 aromatic heterocycles. The fraction of sp³-hybridized carbons (Fsp3) is 0.269. The van der Waals surface area contributed by atoms with Gasteiger partial charge >= 0.3 is 6.09 Å². The fourth-order valence-electron chi connectivity index (χ4n) is 4.48. The zero-order chi connectivity index (χ0) is 26.7. The number of nitrogens with two attached hydrogens (primary N) is 1. The first-order valence-electron chi connectivity index (χ1n) is 11.4. The van der Waals surface area contributed by atoms with Gasteiger partial charge in [0.15, 0.2) is 0 Å². The Hall–Kier alpha value is -4.59. The van der Waals surface area contributed by atoms with Gasteiger partial charge in [0.2, 0.25) is 0 Å². The third-order valence-electron chi connectivity index (χ3n) is 6.13. The average Bonchev–Trinajstić information content (AvgIpc) is 3.23. The molecule has 0 spiro atoms. The van der Waals surface area contributed by atoms with E-state index in [4.69, 9.17) is 10.5 Å². The summed E-state index contributed by atoms with van der Waals surface area (Å²) in [7, 11) is 0. The van der Waals surface area contributed by atoms with E-state index in [0.717, 1.165) is 12.1 Å². The molecule has 2 amide bonds. The fourth-order valence-corrected chi connectivity index (χ4v) is 4.48. The topological polar surface area (TPSA) is 134 Å². The summed E-state index contributed by atoms with van der Waals surface area (Å²) >= 11 is 0. The number of nitrogens with zero attached hydrogens (tertiary/aromatic N) is 4. The first-order chi connectivity index (χ1) is 17.6. The molecule has 0 bridgehead atoms. The molecule has 0 aliphatic carbocycles. The first kappa shape index (κ1) is 25.5. The van der Waals surface area contributed by atoms with Gasteiger partial charge in [-0.1, -0.05) is 6.07 Å². The van der Waals surface area contributed by atoms with E-state index in [1.807, 2.05) is 6.07 Å². The zero-order valence-electron chi connectivity index (χ0n) is 20.2. The summed E-state index contributed by atoms with van der Waals surface area (Å²) in [6.45, 7) is 3.87. The third kappa shape index (κ3) is 5.48. The smallest absolute Gasteiger partial charge is 0.405 e. The van der Waals surface area contributed by atoms with E-state index >= 15 is 0 Å². The van der Waals surface area contributed by atoms with Crippen molar-refractivity contribution in [2.24, 2.45) is 5.73 Å². The Kier molecular flexibility index (Phi) is 7.02. The molecule has 4 rings (SSSR count). The van der Waals surface area contributed by atoms with Crippen molar-refractivity contribution in [2.75, 3.05) is 18.0 Å². The number of nitrogens with one attached hydrogen (secondary N) is 1. The van der Waals surface area contributed by atoms with Crippen molar-refractivity contribution in [3.63, 3.8) is 0 Å². The predicted octanol–water partition coefficient (Wildman–Crippen LogP) is 3.85. The number of halogens is 2. The molecule has 0 radical (unpaired) electrons. The molecule has 2 atom stereocenters. The molecule has 1 saturated heterocycles. The Morgan fingerprint density at radius 2 is 1.97 bits per heavy atom. The van der Waals surface area contributed by atoms with Crippen LogP contribution in [0.4, 0.5) is 19.3 Å². The first-order valence-corrected chi connectivity index (χ1v) is 11.4. The van der Waals surface area contributed by atoms with E-state index in [-0.39, 0.29) is 34.6 Å². The van der Waals surface area contributed by atoms with Crippen molar-refractivity contribution < 1.29 is 23.1 Å². The van der Waals surface area contributed by atoms with Gasteiger partial charge in [-0.3, -0.25) is 9.78 Å². The molecule has 3 N–H and O–H groups in total. The number of pyridine rings is 2. The van der Waals surface area contributed by atoms with Crippen LogP contribution in [0.15, 0.2) is 48.8 Å². The number of carbonyl (C=O) groups is 2. The highest BCUT2D eigenvalue weighted by molar-refractivity contribution is 6.04. The number of amides is 2. The number of anilines is 1. The Morgan fingerprint density at radius 1 is 1.24 bits per heavy atom. The standard InChI is InChI=1S/C26H24F2N6O3/c1-15(20-5-3-4-7-31-20)33-24(35)19-13-32-21(12-29)22(16-9-17(27)11-18(28)10-16)23(19)34-8-6-26(2,14-34)37-25(30)36/h3-5,7,9-11,13,15H,6,8,14H2,1-2H3,(H2,30,36)(H,33,35)/t15-,26?/m0/s1. The molecule has 1 aliphatic rings. The lowest BCUT2D eigenvalue weighted by atomic mass is 9.97. The molecule has 1 aliphatic heterocycles. The van der Waals surface area contributed by atoms with Gasteiger partial charge in [0.25, 0.3) is 5.91 Å². The van der Waals surface area contributed by atoms with Crippen LogP contribution in [0.3, 0.4) is 0 Å². The Balaban J connectivity index is 1.85. The summed E-state index contributed by atoms with van der Waals surface area (Å²) in [5.74, 6) is -2.24. The second-order valence-corrected chi connectivity index (χ2v) is 9.01. The van der Waals surface area contributed by atoms with Crippen LogP contribution >= 0.6 is 0 Å². The normalized spacial score (nSPS) is 17.6. The Labute approximate surface area is 211 Å². The van der Waals surface area contributed by atoms with Gasteiger partial charge in [-0.2, -0.15) is 5.26 Å². The van der Waals surface area contributed by atoms with Gasteiger partial charge in [0, 0.05) is 37.0 Å². The molecule has 3 heterocycles. The number of nitriles is 1. The van der Waals surface area contributed by atoms with Crippen LogP contribution in [0.25, 0.3) is 11.1 Å². The SMILES string of the molecule is C[C@H](NC(=O)c1cnc(C#N)c(-c2cc(F)cc(F)c2)c1N1CCC(C)(OC(N)=O)C1)c1ccccn1. The Morgan fingerprint density at radius 3 is 2.59 bits per heavy atom. The van der Waals surface area contributed by atoms with Crippen LogP contribution in [0.1, 0.15) is 48.1 Å². The molecule has 190 valence electrons. The van der Waals surface area contributed by atoms with E-state index in [1.165, 1.54) is 6.20 Å². The summed E-state index contributed by atoms with van der Waals surface area (Å²) in [4.78, 5) is 35.1. The van der Waals surface area contributed by atoms with E-state index < -0.39 is 35.3 Å². The Bertz CT molecular complexity index is 1370. The monoisotopic (exact) mass is 506 g/mol. The van der Waals surface area contributed by atoms with Crippen molar-refractivity contribution in [3.05, 3.63) is 77.4 Å². The van der Waals surface area contributed by atoms with Crippen LogP contribution in [-0.4, -0.2) is 40.7 Å². The number of benzene rings is 1. The maximum absolute atomic E-state index is 14.2. The van der Waals surface area contributed by atoms with Gasteiger partial charge in [-0.15, -0.1) is 0 Å². The molecule has 0 saturated carbocycles. The molecule has 1 fully saturated rings. The molecular weight excluding hydrogens is 482 g/mol. The molecule has 1 unspecified atom stereocenters. The number of hydrogen-bond donors (Lipinski definition) is 2. The lowest BCUT2D eigenvalue weighted by Gasteiger charge is -2.28. The van der Waals surface area contributed by atoms with Gasteiger partial charge < -0.3 is 20.7 Å². The molecule has 9 nitrogen and oxygen atoms in total. The van der Waals surface area contributed by atoms with Gasteiger partial charge in [0.1, 0.15) is 29.0 Å². The molecular formula is C26H24F2N6O3. The van der Waals surface area contributed by atoms with Crippen LogP contribution in [0.5, 0.6) is 0 Å². The number of carbonyl (C=O) groups excluding carboxylic acids is 2.